The average Bonchev–Trinajstić information content (AvgIpc) is 1.89. The molecule has 0 aliphatic rings. The van der Waals surface area contributed by atoms with Crippen LogP contribution in [-0.4, -0.2) is 19.8 Å². The van der Waals surface area contributed by atoms with E-state index in [4.69, 9.17) is 0 Å². The van der Waals surface area contributed by atoms with E-state index in [1.807, 2.05) is 0 Å². The third kappa shape index (κ3) is 7.14. The first-order valence-electron chi connectivity index (χ1n) is 2.68. The lowest BCUT2D eigenvalue weighted by molar-refractivity contribution is -0.128. The highest BCUT2D eigenvalue weighted by atomic mass is 19.1. The number of alkyl halides is 1. The minimum Gasteiger partial charge on any atom is -0.468 e. The molecule has 0 aromatic heterocycles. The second-order valence-electron chi connectivity index (χ2n) is 1.38. The van der Waals surface area contributed by atoms with Gasteiger partial charge in [0.2, 0.25) is 0 Å². The number of carbonyl (C=O) groups excluding carboxylic acids is 1. The number of hydrogen-bond acceptors (Lipinski definition) is 2. The molecule has 9 heavy (non-hydrogen) atoms. The molecule has 0 saturated carbocycles. The Hall–Kier alpha value is -0.860. The van der Waals surface area contributed by atoms with Crippen LogP contribution in [-0.2, 0) is 9.53 Å². The van der Waals surface area contributed by atoms with Crippen molar-refractivity contribution in [3.8, 4) is 0 Å². The fraction of sp³-hybridized carbons (Fsp3) is 0.500. The van der Waals surface area contributed by atoms with E-state index in [1.165, 1.54) is 6.08 Å². The highest BCUT2D eigenvalue weighted by Crippen LogP contribution is 1.83. The van der Waals surface area contributed by atoms with E-state index in [9.17, 15) is 9.18 Å². The first-order valence-corrected chi connectivity index (χ1v) is 2.68. The standard InChI is InChI=1S/C6H9FO2/c7-4-2-1-3-5-9-6-8/h1-2,6H,3-5H2/b2-1+. The normalized spacial score (nSPS) is 9.89. The second kappa shape index (κ2) is 7.14. The van der Waals surface area contributed by atoms with E-state index in [2.05, 4.69) is 4.74 Å². The minimum atomic E-state index is -0.457. The van der Waals surface area contributed by atoms with Crippen molar-refractivity contribution in [3.63, 3.8) is 0 Å². The Morgan fingerprint density at radius 2 is 2.22 bits per heavy atom. The van der Waals surface area contributed by atoms with Gasteiger partial charge in [0.25, 0.3) is 6.47 Å². The Morgan fingerprint density at radius 3 is 2.78 bits per heavy atom. The van der Waals surface area contributed by atoms with E-state index in [-0.39, 0.29) is 0 Å². The van der Waals surface area contributed by atoms with Crippen LogP contribution in [0, 0.1) is 0 Å². The van der Waals surface area contributed by atoms with Crippen molar-refractivity contribution in [1.82, 2.24) is 0 Å². The summed E-state index contributed by atoms with van der Waals surface area (Å²) in [5.74, 6) is 0. The van der Waals surface area contributed by atoms with Crippen molar-refractivity contribution in [2.45, 2.75) is 6.42 Å². The highest BCUT2D eigenvalue weighted by Gasteiger charge is 1.78. The molecule has 0 radical (unpaired) electrons. The molecule has 0 aliphatic carbocycles. The van der Waals surface area contributed by atoms with Gasteiger partial charge in [0.05, 0.1) is 6.61 Å². The smallest absolute Gasteiger partial charge is 0.293 e. The van der Waals surface area contributed by atoms with Gasteiger partial charge in [-0.1, -0.05) is 12.2 Å². The monoisotopic (exact) mass is 132 g/mol. The summed E-state index contributed by atoms with van der Waals surface area (Å²) in [6.07, 6.45) is 3.60. The SMILES string of the molecule is O=COCC/C=C/CF. The predicted molar refractivity (Wildman–Crippen MR) is 31.7 cm³/mol. The number of ether oxygens (including phenoxy) is 1. The van der Waals surface area contributed by atoms with Gasteiger partial charge < -0.3 is 4.74 Å². The van der Waals surface area contributed by atoms with Crippen LogP contribution < -0.4 is 0 Å². The van der Waals surface area contributed by atoms with Crippen LogP contribution in [0.15, 0.2) is 12.2 Å². The van der Waals surface area contributed by atoms with Crippen molar-refractivity contribution in [2.75, 3.05) is 13.3 Å². The summed E-state index contributed by atoms with van der Waals surface area (Å²) in [7, 11) is 0. The van der Waals surface area contributed by atoms with Crippen LogP contribution in [0.5, 0.6) is 0 Å². The van der Waals surface area contributed by atoms with Crippen LogP contribution >= 0.6 is 0 Å². The van der Waals surface area contributed by atoms with Crippen molar-refractivity contribution in [2.24, 2.45) is 0 Å². The lowest BCUT2D eigenvalue weighted by Gasteiger charge is -1.89. The van der Waals surface area contributed by atoms with E-state index in [0.29, 0.717) is 19.5 Å². The molecule has 0 aromatic carbocycles. The Balaban J connectivity index is 2.90. The van der Waals surface area contributed by atoms with Gasteiger partial charge in [-0.25, -0.2) is 4.39 Å². The third-order valence-electron chi connectivity index (χ3n) is 0.726. The molecule has 0 atom stereocenters. The van der Waals surface area contributed by atoms with Crippen molar-refractivity contribution >= 4 is 6.47 Å². The maximum atomic E-state index is 11.3. The van der Waals surface area contributed by atoms with Crippen LogP contribution in [0.2, 0.25) is 0 Å². The lowest BCUT2D eigenvalue weighted by atomic mass is 10.4. The summed E-state index contributed by atoms with van der Waals surface area (Å²) in [6, 6.07) is 0. The highest BCUT2D eigenvalue weighted by molar-refractivity contribution is 5.36. The molecule has 0 amide bonds. The van der Waals surface area contributed by atoms with Gasteiger partial charge in [-0.15, -0.1) is 0 Å². The van der Waals surface area contributed by atoms with Crippen LogP contribution in [0.1, 0.15) is 6.42 Å². The fourth-order valence-corrected chi connectivity index (χ4v) is 0.365. The fourth-order valence-electron chi connectivity index (χ4n) is 0.365. The van der Waals surface area contributed by atoms with Gasteiger partial charge in [0.15, 0.2) is 0 Å². The molecular weight excluding hydrogens is 123 g/mol. The Labute approximate surface area is 53.3 Å². The first-order chi connectivity index (χ1) is 4.41. The molecule has 0 rings (SSSR count). The quantitative estimate of drug-likeness (QED) is 0.318. The molecule has 0 N–H and O–H groups in total. The van der Waals surface area contributed by atoms with Crippen molar-refractivity contribution < 1.29 is 13.9 Å². The van der Waals surface area contributed by atoms with E-state index in [0.717, 1.165) is 0 Å². The van der Waals surface area contributed by atoms with Crippen LogP contribution in [0.3, 0.4) is 0 Å². The number of rotatable bonds is 5. The summed E-state index contributed by atoms with van der Waals surface area (Å²) in [6.45, 7) is 0.254. The van der Waals surface area contributed by atoms with E-state index < -0.39 is 6.67 Å². The van der Waals surface area contributed by atoms with E-state index >= 15 is 0 Å². The summed E-state index contributed by atoms with van der Waals surface area (Å²) in [5, 5.41) is 0. The third-order valence-corrected chi connectivity index (χ3v) is 0.726. The topological polar surface area (TPSA) is 26.3 Å². The van der Waals surface area contributed by atoms with Gasteiger partial charge in [0, 0.05) is 0 Å². The number of hydrogen-bond donors (Lipinski definition) is 0. The summed E-state index contributed by atoms with van der Waals surface area (Å²) < 4.78 is 15.6. The molecule has 3 heteroatoms. The summed E-state index contributed by atoms with van der Waals surface area (Å²) >= 11 is 0. The molecule has 0 aliphatic heterocycles. The maximum Gasteiger partial charge on any atom is 0.293 e. The zero-order chi connectivity index (χ0) is 6.95. The van der Waals surface area contributed by atoms with Gasteiger partial charge in [-0.3, -0.25) is 4.79 Å². The molecule has 0 heterocycles. The molecule has 0 spiro atoms. The van der Waals surface area contributed by atoms with E-state index in [1.54, 1.807) is 6.08 Å². The average molecular weight is 132 g/mol. The van der Waals surface area contributed by atoms with Crippen LogP contribution in [0.4, 0.5) is 4.39 Å². The van der Waals surface area contributed by atoms with Crippen molar-refractivity contribution in [1.29, 1.82) is 0 Å². The largest absolute Gasteiger partial charge is 0.468 e. The lowest BCUT2D eigenvalue weighted by Crippen LogP contribution is -1.87. The number of carbonyl (C=O) groups is 1. The Bertz CT molecular complexity index is 91.1. The number of allylic oxidation sites excluding steroid dienone is 1. The summed E-state index contributed by atoms with van der Waals surface area (Å²) in [4.78, 5) is 9.52. The molecule has 0 bridgehead atoms. The van der Waals surface area contributed by atoms with Gasteiger partial charge >= 0.3 is 0 Å². The van der Waals surface area contributed by atoms with Gasteiger partial charge in [0.1, 0.15) is 6.67 Å². The Morgan fingerprint density at radius 1 is 1.44 bits per heavy atom. The molecule has 52 valence electrons. The molecule has 0 unspecified atom stereocenters. The summed E-state index contributed by atoms with van der Waals surface area (Å²) in [5.41, 5.74) is 0. The molecule has 2 nitrogen and oxygen atoms in total. The first kappa shape index (κ1) is 8.14. The zero-order valence-corrected chi connectivity index (χ0v) is 5.05. The van der Waals surface area contributed by atoms with Crippen molar-refractivity contribution in [3.05, 3.63) is 12.2 Å². The van der Waals surface area contributed by atoms with Crippen LogP contribution in [0.25, 0.3) is 0 Å². The Kier molecular flexibility index (Phi) is 6.46. The molecular formula is C6H9FO2. The molecule has 0 fully saturated rings. The minimum absolute atomic E-state index is 0.333. The number of halogens is 1. The second-order valence-corrected chi connectivity index (χ2v) is 1.38. The molecule has 0 aromatic rings. The zero-order valence-electron chi connectivity index (χ0n) is 5.05. The predicted octanol–water partition coefficient (Wildman–Crippen LogP) is 1.08. The molecule has 0 saturated heterocycles. The van der Waals surface area contributed by atoms with Gasteiger partial charge in [-0.05, 0) is 6.42 Å². The maximum absolute atomic E-state index is 11.3. The van der Waals surface area contributed by atoms with Gasteiger partial charge in [-0.2, -0.15) is 0 Å².